The zero-order chi connectivity index (χ0) is 21.8. The third kappa shape index (κ3) is 4.61. The zero-order valence-electron chi connectivity index (χ0n) is 18.6. The highest BCUT2D eigenvalue weighted by Crippen LogP contribution is 2.33. The van der Waals surface area contributed by atoms with Crippen molar-refractivity contribution in [3.8, 4) is 11.5 Å². The summed E-state index contributed by atoms with van der Waals surface area (Å²) in [7, 11) is 0. The van der Waals surface area contributed by atoms with Gasteiger partial charge in [-0.1, -0.05) is 49.7 Å². The molecule has 5 rings (SSSR count). The van der Waals surface area contributed by atoms with Crippen LogP contribution in [-0.2, 0) is 13.1 Å². The lowest BCUT2D eigenvalue weighted by atomic mass is 10.1. The third-order valence-electron chi connectivity index (χ3n) is 6.29. The predicted octanol–water partition coefficient (Wildman–Crippen LogP) is 3.11. The Balaban J connectivity index is 1.26. The Morgan fingerprint density at radius 3 is 2.53 bits per heavy atom. The summed E-state index contributed by atoms with van der Waals surface area (Å²) in [6.07, 6.45) is 2.13. The SMILES string of the molecule is CCC[C@H](c1nnnn1Cc1ccc2c(c1)OCO2)N1CCN(Cc2ccccc2)CC1. The van der Waals surface area contributed by atoms with Crippen LogP contribution in [-0.4, -0.2) is 63.0 Å². The van der Waals surface area contributed by atoms with Gasteiger partial charge < -0.3 is 9.47 Å². The molecule has 3 heterocycles. The molecule has 0 saturated carbocycles. The van der Waals surface area contributed by atoms with Crippen molar-refractivity contribution in [2.75, 3.05) is 33.0 Å². The molecule has 0 bridgehead atoms. The second-order valence-corrected chi connectivity index (χ2v) is 8.48. The van der Waals surface area contributed by atoms with Crippen molar-refractivity contribution < 1.29 is 9.47 Å². The van der Waals surface area contributed by atoms with E-state index in [1.165, 1.54) is 5.56 Å². The van der Waals surface area contributed by atoms with E-state index < -0.39 is 0 Å². The van der Waals surface area contributed by atoms with E-state index in [2.05, 4.69) is 68.6 Å². The maximum absolute atomic E-state index is 5.53. The van der Waals surface area contributed by atoms with E-state index in [9.17, 15) is 0 Å². The number of rotatable bonds is 8. The third-order valence-corrected chi connectivity index (χ3v) is 6.29. The molecule has 2 aliphatic heterocycles. The van der Waals surface area contributed by atoms with E-state index in [0.717, 1.165) is 68.5 Å². The molecule has 8 nitrogen and oxygen atoms in total. The van der Waals surface area contributed by atoms with Crippen molar-refractivity contribution in [3.63, 3.8) is 0 Å². The maximum atomic E-state index is 5.53. The molecule has 3 aromatic rings. The van der Waals surface area contributed by atoms with Crippen LogP contribution in [0.25, 0.3) is 0 Å². The van der Waals surface area contributed by atoms with Crippen LogP contribution >= 0.6 is 0 Å². The highest BCUT2D eigenvalue weighted by Gasteiger charge is 2.28. The maximum Gasteiger partial charge on any atom is 0.231 e. The smallest absolute Gasteiger partial charge is 0.231 e. The lowest BCUT2D eigenvalue weighted by Crippen LogP contribution is -2.47. The molecule has 1 saturated heterocycles. The topological polar surface area (TPSA) is 68.5 Å². The molecule has 1 atom stereocenters. The number of hydrogen-bond acceptors (Lipinski definition) is 7. The molecule has 0 spiro atoms. The van der Waals surface area contributed by atoms with E-state index >= 15 is 0 Å². The molecule has 0 amide bonds. The molecule has 0 unspecified atom stereocenters. The van der Waals surface area contributed by atoms with E-state index in [1.54, 1.807) is 0 Å². The van der Waals surface area contributed by atoms with E-state index in [-0.39, 0.29) is 12.8 Å². The monoisotopic (exact) mass is 434 g/mol. The molecule has 8 heteroatoms. The molecule has 0 N–H and O–H groups in total. The average Bonchev–Trinajstić information content (AvgIpc) is 3.48. The fourth-order valence-electron chi connectivity index (χ4n) is 4.60. The fraction of sp³-hybridized carbons (Fsp3) is 0.458. The largest absolute Gasteiger partial charge is 0.454 e. The quantitative estimate of drug-likeness (QED) is 0.540. The number of nitrogens with zero attached hydrogens (tertiary/aromatic N) is 6. The number of hydrogen-bond donors (Lipinski definition) is 0. The molecule has 168 valence electrons. The van der Waals surface area contributed by atoms with Crippen molar-refractivity contribution in [2.45, 2.75) is 38.9 Å². The number of fused-ring (bicyclic) bond motifs is 1. The van der Waals surface area contributed by atoms with Gasteiger partial charge in [-0.15, -0.1) is 5.10 Å². The summed E-state index contributed by atoms with van der Waals surface area (Å²) in [5, 5.41) is 12.8. The normalized spacial score (nSPS) is 17.5. The molecule has 2 aromatic carbocycles. The van der Waals surface area contributed by atoms with Gasteiger partial charge in [0.25, 0.3) is 0 Å². The Hall–Kier alpha value is -2.97. The lowest BCUT2D eigenvalue weighted by Gasteiger charge is -2.38. The molecule has 2 aliphatic rings. The molecule has 0 aliphatic carbocycles. The van der Waals surface area contributed by atoms with Gasteiger partial charge in [-0.05, 0) is 40.1 Å². The first-order valence-corrected chi connectivity index (χ1v) is 11.4. The standard InChI is InChI=1S/C24H30N6O2/c1-2-6-21(29-13-11-28(12-14-29)16-19-7-4-3-5-8-19)24-25-26-27-30(24)17-20-9-10-22-23(15-20)32-18-31-22/h3-5,7-10,15,21H,2,6,11-14,16-18H2,1H3/t21-/m1/s1. The number of ether oxygens (including phenoxy) is 2. The van der Waals surface area contributed by atoms with Crippen LogP contribution in [0.2, 0.25) is 0 Å². The van der Waals surface area contributed by atoms with Crippen molar-refractivity contribution >= 4 is 0 Å². The Kier molecular flexibility index (Phi) is 6.31. The molecule has 0 radical (unpaired) electrons. The molecule has 1 fully saturated rings. The van der Waals surface area contributed by atoms with Crippen LogP contribution in [0.5, 0.6) is 11.5 Å². The van der Waals surface area contributed by atoms with Crippen LogP contribution < -0.4 is 9.47 Å². The average molecular weight is 435 g/mol. The summed E-state index contributed by atoms with van der Waals surface area (Å²) in [6.45, 7) is 8.29. The van der Waals surface area contributed by atoms with Crippen LogP contribution in [0.1, 0.15) is 42.8 Å². The predicted molar refractivity (Wildman–Crippen MR) is 120 cm³/mol. The van der Waals surface area contributed by atoms with Gasteiger partial charge in [-0.3, -0.25) is 9.80 Å². The van der Waals surface area contributed by atoms with Crippen LogP contribution in [0.4, 0.5) is 0 Å². The van der Waals surface area contributed by atoms with Crippen molar-refractivity contribution in [3.05, 3.63) is 65.5 Å². The summed E-state index contributed by atoms with van der Waals surface area (Å²) >= 11 is 0. The second-order valence-electron chi connectivity index (χ2n) is 8.48. The molecule has 32 heavy (non-hydrogen) atoms. The van der Waals surface area contributed by atoms with Crippen LogP contribution in [0.3, 0.4) is 0 Å². The van der Waals surface area contributed by atoms with Gasteiger partial charge in [0.2, 0.25) is 6.79 Å². The number of aromatic nitrogens is 4. The van der Waals surface area contributed by atoms with Gasteiger partial charge in [0, 0.05) is 32.7 Å². The fourth-order valence-corrected chi connectivity index (χ4v) is 4.60. The van der Waals surface area contributed by atoms with E-state index in [0.29, 0.717) is 6.54 Å². The minimum Gasteiger partial charge on any atom is -0.454 e. The summed E-state index contributed by atoms with van der Waals surface area (Å²) in [5.41, 5.74) is 2.48. The molecular weight excluding hydrogens is 404 g/mol. The highest BCUT2D eigenvalue weighted by atomic mass is 16.7. The van der Waals surface area contributed by atoms with Gasteiger partial charge in [-0.25, -0.2) is 4.68 Å². The summed E-state index contributed by atoms with van der Waals surface area (Å²) in [5.74, 6) is 2.53. The van der Waals surface area contributed by atoms with Crippen molar-refractivity contribution in [1.29, 1.82) is 0 Å². The van der Waals surface area contributed by atoms with Gasteiger partial charge >= 0.3 is 0 Å². The second kappa shape index (κ2) is 9.67. The Morgan fingerprint density at radius 2 is 1.72 bits per heavy atom. The van der Waals surface area contributed by atoms with E-state index in [1.807, 2.05) is 16.8 Å². The summed E-state index contributed by atoms with van der Waals surface area (Å²) < 4.78 is 12.9. The van der Waals surface area contributed by atoms with Crippen LogP contribution in [0, 0.1) is 0 Å². The van der Waals surface area contributed by atoms with Gasteiger partial charge in [0.1, 0.15) is 0 Å². The summed E-state index contributed by atoms with van der Waals surface area (Å²) in [6, 6.07) is 17.0. The Morgan fingerprint density at radius 1 is 0.906 bits per heavy atom. The first kappa shape index (κ1) is 20.9. The lowest BCUT2D eigenvalue weighted by molar-refractivity contribution is 0.0820. The van der Waals surface area contributed by atoms with Crippen molar-refractivity contribution in [2.24, 2.45) is 0 Å². The first-order valence-electron chi connectivity index (χ1n) is 11.4. The van der Waals surface area contributed by atoms with Crippen LogP contribution in [0.15, 0.2) is 48.5 Å². The minimum absolute atomic E-state index is 0.225. The highest BCUT2D eigenvalue weighted by molar-refractivity contribution is 5.44. The van der Waals surface area contributed by atoms with Gasteiger partial charge in [0.15, 0.2) is 17.3 Å². The number of tetrazole rings is 1. The molecule has 1 aromatic heterocycles. The zero-order valence-corrected chi connectivity index (χ0v) is 18.6. The Labute approximate surface area is 188 Å². The number of benzene rings is 2. The summed E-state index contributed by atoms with van der Waals surface area (Å²) in [4.78, 5) is 5.08. The minimum atomic E-state index is 0.225. The van der Waals surface area contributed by atoms with Crippen molar-refractivity contribution in [1.82, 2.24) is 30.0 Å². The molecular formula is C24H30N6O2. The van der Waals surface area contributed by atoms with E-state index in [4.69, 9.17) is 9.47 Å². The first-order chi connectivity index (χ1) is 15.8. The van der Waals surface area contributed by atoms with Gasteiger partial charge in [0.05, 0.1) is 12.6 Å². The number of piperazine rings is 1. The van der Waals surface area contributed by atoms with Gasteiger partial charge in [-0.2, -0.15) is 0 Å². The Bertz CT molecular complexity index is 1020.